The second kappa shape index (κ2) is 9.41. The van der Waals surface area contributed by atoms with E-state index in [0.717, 1.165) is 47.6 Å². The number of aromatic nitrogens is 5. The minimum Gasteiger partial charge on any atom is -0.480 e. The number of sulfonamides is 1. The van der Waals surface area contributed by atoms with Crippen LogP contribution in [0.5, 0.6) is 5.88 Å². The van der Waals surface area contributed by atoms with Crippen molar-refractivity contribution in [2.24, 2.45) is 0 Å². The van der Waals surface area contributed by atoms with Crippen LogP contribution >= 0.6 is 0 Å². The molecular weight excluding hydrogens is 490 g/mol. The molecule has 37 heavy (non-hydrogen) atoms. The van der Waals surface area contributed by atoms with E-state index in [0.29, 0.717) is 5.65 Å². The van der Waals surface area contributed by atoms with Gasteiger partial charge in [0.25, 0.3) is 10.0 Å². The summed E-state index contributed by atoms with van der Waals surface area (Å²) in [7, 11) is -2.37. The molecule has 1 fully saturated rings. The smallest absolute Gasteiger partial charge is 0.262 e. The van der Waals surface area contributed by atoms with Gasteiger partial charge in [0.1, 0.15) is 5.69 Å². The molecule has 0 aliphatic carbocycles. The van der Waals surface area contributed by atoms with E-state index >= 15 is 0 Å². The van der Waals surface area contributed by atoms with Gasteiger partial charge in [-0.25, -0.2) is 13.4 Å². The van der Waals surface area contributed by atoms with Crippen molar-refractivity contribution in [3.63, 3.8) is 0 Å². The maximum absolute atomic E-state index is 13.0. The van der Waals surface area contributed by atoms with E-state index in [9.17, 15) is 8.42 Å². The first-order chi connectivity index (χ1) is 18.0. The molecule has 5 aromatic rings. The topological polar surface area (TPSA) is 115 Å². The summed E-state index contributed by atoms with van der Waals surface area (Å²) in [6, 6.07) is 15.8. The third-order valence-corrected chi connectivity index (χ3v) is 7.91. The molecule has 0 amide bonds. The molecular formula is C26H25N7O3S. The van der Waals surface area contributed by atoms with E-state index in [4.69, 9.17) is 4.74 Å². The van der Waals surface area contributed by atoms with E-state index < -0.39 is 10.0 Å². The minimum absolute atomic E-state index is 0.153. The van der Waals surface area contributed by atoms with Crippen LogP contribution in [0.15, 0.2) is 71.9 Å². The summed E-state index contributed by atoms with van der Waals surface area (Å²) in [6.07, 6.45) is 5.78. The lowest BCUT2D eigenvalue weighted by Crippen LogP contribution is -2.20. The van der Waals surface area contributed by atoms with Crippen molar-refractivity contribution in [2.45, 2.75) is 24.3 Å². The van der Waals surface area contributed by atoms with Crippen LogP contribution in [0.4, 0.5) is 5.69 Å². The van der Waals surface area contributed by atoms with Crippen molar-refractivity contribution in [1.82, 2.24) is 29.5 Å². The molecule has 1 aliphatic heterocycles. The predicted molar refractivity (Wildman–Crippen MR) is 140 cm³/mol. The summed E-state index contributed by atoms with van der Waals surface area (Å²) in [4.78, 5) is 11.5. The highest BCUT2D eigenvalue weighted by molar-refractivity contribution is 7.92. The van der Waals surface area contributed by atoms with Gasteiger partial charge in [-0.15, -0.1) is 10.2 Å². The molecule has 188 valence electrons. The fraction of sp³-hybridized carbons (Fsp3) is 0.231. The first-order valence-electron chi connectivity index (χ1n) is 12.0. The monoisotopic (exact) mass is 515 g/mol. The number of hydrogen-bond acceptors (Lipinski definition) is 8. The fourth-order valence-electron chi connectivity index (χ4n) is 4.69. The number of anilines is 1. The van der Waals surface area contributed by atoms with E-state index in [-0.39, 0.29) is 16.5 Å². The normalized spacial score (nSPS) is 14.4. The zero-order chi connectivity index (χ0) is 25.4. The maximum Gasteiger partial charge on any atom is 0.262 e. The molecule has 2 aromatic carbocycles. The number of methoxy groups -OCH3 is 1. The molecule has 1 N–H and O–H groups in total. The molecule has 0 radical (unpaired) electrons. The van der Waals surface area contributed by atoms with Gasteiger partial charge in [0.05, 0.1) is 35.8 Å². The zero-order valence-electron chi connectivity index (χ0n) is 20.2. The van der Waals surface area contributed by atoms with Crippen molar-refractivity contribution in [3.05, 3.63) is 72.8 Å². The SMILES string of the molecule is COc1ncc(-c2ccc3ncc4nnc(CN5CCCC5)n4c3c2)cc1NS(=O)(=O)c1ccccc1. The molecule has 11 heteroatoms. The summed E-state index contributed by atoms with van der Waals surface area (Å²) in [5, 5.41) is 8.78. The summed E-state index contributed by atoms with van der Waals surface area (Å²) >= 11 is 0. The molecule has 0 saturated carbocycles. The average molecular weight is 516 g/mol. The van der Waals surface area contributed by atoms with Crippen molar-refractivity contribution in [1.29, 1.82) is 0 Å². The number of nitrogens with one attached hydrogen (secondary N) is 1. The van der Waals surface area contributed by atoms with Gasteiger partial charge in [0, 0.05) is 11.8 Å². The van der Waals surface area contributed by atoms with Crippen molar-refractivity contribution < 1.29 is 13.2 Å². The molecule has 0 bridgehead atoms. The Bertz CT molecular complexity index is 1700. The minimum atomic E-state index is -3.82. The van der Waals surface area contributed by atoms with Crippen LogP contribution in [-0.2, 0) is 16.6 Å². The van der Waals surface area contributed by atoms with Crippen LogP contribution in [0.2, 0.25) is 0 Å². The second-order valence-corrected chi connectivity index (χ2v) is 10.6. The molecule has 0 spiro atoms. The number of rotatable bonds is 7. The Morgan fingerprint density at radius 3 is 2.54 bits per heavy atom. The number of ether oxygens (including phenoxy) is 1. The second-order valence-electron chi connectivity index (χ2n) is 8.95. The van der Waals surface area contributed by atoms with E-state index in [1.165, 1.54) is 32.1 Å². The Labute approximate surface area is 214 Å². The van der Waals surface area contributed by atoms with E-state index in [1.54, 1.807) is 36.7 Å². The largest absolute Gasteiger partial charge is 0.480 e. The zero-order valence-corrected chi connectivity index (χ0v) is 21.0. The first-order valence-corrected chi connectivity index (χ1v) is 13.5. The highest BCUT2D eigenvalue weighted by atomic mass is 32.2. The maximum atomic E-state index is 13.0. The van der Waals surface area contributed by atoms with Gasteiger partial charge < -0.3 is 4.74 Å². The number of hydrogen-bond donors (Lipinski definition) is 1. The van der Waals surface area contributed by atoms with E-state index in [1.807, 2.05) is 22.6 Å². The van der Waals surface area contributed by atoms with Crippen LogP contribution in [0.3, 0.4) is 0 Å². The molecule has 10 nitrogen and oxygen atoms in total. The lowest BCUT2D eigenvalue weighted by molar-refractivity contribution is 0.321. The molecule has 3 aromatic heterocycles. The molecule has 1 aliphatic rings. The summed E-state index contributed by atoms with van der Waals surface area (Å²) in [5.41, 5.74) is 4.18. The summed E-state index contributed by atoms with van der Waals surface area (Å²) in [6.45, 7) is 2.84. The van der Waals surface area contributed by atoms with Crippen molar-refractivity contribution in [3.8, 4) is 17.0 Å². The van der Waals surface area contributed by atoms with Gasteiger partial charge in [-0.3, -0.25) is 19.0 Å². The molecule has 6 rings (SSSR count). The van der Waals surface area contributed by atoms with Gasteiger partial charge in [-0.2, -0.15) is 0 Å². The molecule has 4 heterocycles. The van der Waals surface area contributed by atoms with Crippen LogP contribution < -0.4 is 9.46 Å². The molecule has 0 atom stereocenters. The first kappa shape index (κ1) is 23.3. The standard InChI is InChI=1S/C26H25N7O3S/c1-36-26-22(31-37(34,35)20-7-3-2-4-8-20)13-19(15-28-26)18-9-10-21-23(14-18)33-24(16-27-21)29-30-25(33)17-32-11-5-6-12-32/h2-4,7-10,13-16,31H,5-6,11-12,17H2,1H3. The number of fused-ring (bicyclic) bond motifs is 3. The van der Waals surface area contributed by atoms with Crippen LogP contribution in [-0.4, -0.2) is 58.1 Å². The van der Waals surface area contributed by atoms with Crippen LogP contribution in [0.1, 0.15) is 18.7 Å². The van der Waals surface area contributed by atoms with Gasteiger partial charge in [-0.1, -0.05) is 24.3 Å². The van der Waals surface area contributed by atoms with Crippen molar-refractivity contribution in [2.75, 3.05) is 24.9 Å². The lowest BCUT2D eigenvalue weighted by Gasteiger charge is -2.14. The summed E-state index contributed by atoms with van der Waals surface area (Å²) < 4.78 is 35.9. The third kappa shape index (κ3) is 4.47. The Hall–Kier alpha value is -4.09. The highest BCUT2D eigenvalue weighted by Gasteiger charge is 2.19. The Kier molecular flexibility index (Phi) is 5.93. The highest BCUT2D eigenvalue weighted by Crippen LogP contribution is 2.31. The number of pyridine rings is 1. The number of benzene rings is 2. The lowest BCUT2D eigenvalue weighted by atomic mass is 10.1. The van der Waals surface area contributed by atoms with Crippen LogP contribution in [0.25, 0.3) is 27.8 Å². The number of likely N-dealkylation sites (tertiary alicyclic amines) is 1. The Morgan fingerprint density at radius 2 is 1.76 bits per heavy atom. The van der Waals surface area contributed by atoms with E-state index in [2.05, 4.69) is 29.8 Å². The quantitative estimate of drug-likeness (QED) is 0.349. The van der Waals surface area contributed by atoms with Gasteiger partial charge in [0.2, 0.25) is 5.88 Å². The Balaban J connectivity index is 1.41. The molecule has 1 saturated heterocycles. The Morgan fingerprint density at radius 1 is 0.946 bits per heavy atom. The van der Waals surface area contributed by atoms with Gasteiger partial charge in [0.15, 0.2) is 11.5 Å². The average Bonchev–Trinajstić information content (AvgIpc) is 3.59. The van der Waals surface area contributed by atoms with Gasteiger partial charge >= 0.3 is 0 Å². The summed E-state index contributed by atoms with van der Waals surface area (Å²) in [5.74, 6) is 1.05. The van der Waals surface area contributed by atoms with Crippen LogP contribution in [0, 0.1) is 0 Å². The predicted octanol–water partition coefficient (Wildman–Crippen LogP) is 3.74. The molecule has 0 unspecified atom stereocenters. The van der Waals surface area contributed by atoms with Gasteiger partial charge in [-0.05, 0) is 61.8 Å². The third-order valence-electron chi connectivity index (χ3n) is 6.53. The number of nitrogens with zero attached hydrogens (tertiary/aromatic N) is 6. The van der Waals surface area contributed by atoms with Crippen molar-refractivity contribution >= 4 is 32.4 Å². The fourth-order valence-corrected chi connectivity index (χ4v) is 5.76.